The molecule has 1 fully saturated rings. The zero-order valence-electron chi connectivity index (χ0n) is 18.2. The van der Waals surface area contributed by atoms with Crippen molar-refractivity contribution < 1.29 is 24.2 Å². The molecule has 1 aliphatic carbocycles. The summed E-state index contributed by atoms with van der Waals surface area (Å²) in [6, 6.07) is 15.9. The van der Waals surface area contributed by atoms with E-state index in [1.807, 2.05) is 36.4 Å². The number of likely N-dealkylation sites (tertiary alicyclic amines) is 1. The average molecular weight is 437 g/mol. The molecular formula is C24H27N3O5. The number of alkyl carbamates (subject to hydrolysis) is 1. The molecule has 0 saturated carbocycles. The van der Waals surface area contributed by atoms with Gasteiger partial charge in [-0.25, -0.2) is 14.4 Å². The topological polar surface area (TPSA) is 99.2 Å². The van der Waals surface area contributed by atoms with Gasteiger partial charge in [0.05, 0.1) is 0 Å². The van der Waals surface area contributed by atoms with Crippen LogP contribution in [0, 0.1) is 0 Å². The Morgan fingerprint density at radius 3 is 2.06 bits per heavy atom. The molecule has 0 atom stereocenters. The van der Waals surface area contributed by atoms with Gasteiger partial charge in [-0.1, -0.05) is 48.5 Å². The van der Waals surface area contributed by atoms with E-state index in [1.165, 1.54) is 4.90 Å². The summed E-state index contributed by atoms with van der Waals surface area (Å²) in [6.07, 6.45) is -0.528. The van der Waals surface area contributed by atoms with Gasteiger partial charge in [-0.15, -0.1) is 0 Å². The molecule has 2 aliphatic rings. The first-order valence-electron chi connectivity index (χ1n) is 10.7. The number of hydrogen-bond acceptors (Lipinski definition) is 4. The van der Waals surface area contributed by atoms with Crippen LogP contribution in [0.3, 0.4) is 0 Å². The molecule has 32 heavy (non-hydrogen) atoms. The molecule has 0 radical (unpaired) electrons. The quantitative estimate of drug-likeness (QED) is 0.766. The monoisotopic (exact) mass is 437 g/mol. The molecule has 1 aliphatic heterocycles. The Morgan fingerprint density at radius 2 is 1.56 bits per heavy atom. The third-order valence-corrected chi connectivity index (χ3v) is 6.36. The molecule has 0 unspecified atom stereocenters. The van der Waals surface area contributed by atoms with Gasteiger partial charge < -0.3 is 25.0 Å². The van der Waals surface area contributed by atoms with E-state index in [0.717, 1.165) is 22.3 Å². The minimum Gasteiger partial charge on any atom is -0.480 e. The van der Waals surface area contributed by atoms with Crippen LogP contribution in [0.1, 0.15) is 29.9 Å². The summed E-state index contributed by atoms with van der Waals surface area (Å²) >= 11 is 0. The Hall–Kier alpha value is -3.55. The molecule has 4 rings (SSSR count). The number of benzene rings is 2. The first-order valence-corrected chi connectivity index (χ1v) is 10.7. The number of rotatable bonds is 4. The summed E-state index contributed by atoms with van der Waals surface area (Å²) < 4.78 is 5.53. The van der Waals surface area contributed by atoms with Gasteiger partial charge in [-0.2, -0.15) is 0 Å². The third kappa shape index (κ3) is 3.88. The zero-order chi connectivity index (χ0) is 22.9. The van der Waals surface area contributed by atoms with E-state index in [2.05, 4.69) is 17.4 Å². The third-order valence-electron chi connectivity index (χ3n) is 6.36. The predicted octanol–water partition coefficient (Wildman–Crippen LogP) is 3.13. The molecule has 2 aromatic carbocycles. The van der Waals surface area contributed by atoms with E-state index >= 15 is 0 Å². The lowest BCUT2D eigenvalue weighted by molar-refractivity contribution is -0.146. The van der Waals surface area contributed by atoms with Gasteiger partial charge in [0, 0.05) is 33.1 Å². The highest BCUT2D eigenvalue weighted by molar-refractivity contribution is 5.85. The number of nitrogens with zero attached hydrogens (tertiary/aromatic N) is 2. The average Bonchev–Trinajstić information content (AvgIpc) is 3.11. The first kappa shape index (κ1) is 21.7. The number of amides is 3. The van der Waals surface area contributed by atoms with Crippen molar-refractivity contribution in [1.82, 2.24) is 15.1 Å². The zero-order valence-corrected chi connectivity index (χ0v) is 18.2. The largest absolute Gasteiger partial charge is 0.480 e. The van der Waals surface area contributed by atoms with Crippen molar-refractivity contribution in [2.24, 2.45) is 0 Å². The van der Waals surface area contributed by atoms with Crippen molar-refractivity contribution in [2.45, 2.75) is 24.3 Å². The normalized spacial score (nSPS) is 16.6. The minimum absolute atomic E-state index is 0.103. The summed E-state index contributed by atoms with van der Waals surface area (Å²) in [6.45, 7) is 0.598. The summed E-state index contributed by atoms with van der Waals surface area (Å²) in [7, 11) is 3.30. The number of carboxylic acid groups (broad SMARTS) is 1. The lowest BCUT2D eigenvalue weighted by Gasteiger charge is -2.39. The van der Waals surface area contributed by atoms with Crippen LogP contribution >= 0.6 is 0 Å². The van der Waals surface area contributed by atoms with Crippen LogP contribution in [0.15, 0.2) is 48.5 Å². The standard InChI is InChI=1S/C24H27N3O5/c1-26(2)23(31)27-13-11-24(12-14-27,21(28)29)25-22(30)32-15-20-18-9-5-3-7-16(18)17-8-4-6-10-19(17)20/h3-10,20H,11-15H2,1-2H3,(H,25,30)(H,28,29). The second-order valence-corrected chi connectivity index (χ2v) is 8.50. The fourth-order valence-electron chi connectivity index (χ4n) is 4.58. The predicted molar refractivity (Wildman–Crippen MR) is 118 cm³/mol. The number of hydrogen-bond donors (Lipinski definition) is 2. The van der Waals surface area contributed by atoms with E-state index in [-0.39, 0.29) is 44.5 Å². The Kier molecular flexibility index (Phi) is 5.78. The van der Waals surface area contributed by atoms with Gasteiger partial charge in [0.2, 0.25) is 0 Å². The maximum absolute atomic E-state index is 12.6. The molecule has 168 valence electrons. The molecular weight excluding hydrogens is 410 g/mol. The van der Waals surface area contributed by atoms with Crippen LogP contribution in [-0.4, -0.2) is 72.3 Å². The number of carbonyl (C=O) groups excluding carboxylic acids is 2. The SMILES string of the molecule is CN(C)C(=O)N1CCC(NC(=O)OCC2c3ccccc3-c3ccccc32)(C(=O)O)CC1. The summed E-state index contributed by atoms with van der Waals surface area (Å²) in [5.74, 6) is -1.23. The molecule has 1 heterocycles. The minimum atomic E-state index is -1.45. The molecule has 8 nitrogen and oxygen atoms in total. The second kappa shape index (κ2) is 8.53. The number of carbonyl (C=O) groups is 3. The Balaban J connectivity index is 1.42. The van der Waals surface area contributed by atoms with Crippen molar-refractivity contribution in [2.75, 3.05) is 33.8 Å². The number of piperidine rings is 1. The van der Waals surface area contributed by atoms with Crippen LogP contribution in [0.5, 0.6) is 0 Å². The lowest BCUT2D eigenvalue weighted by atomic mass is 9.87. The number of urea groups is 1. The Labute approximate surface area is 186 Å². The maximum atomic E-state index is 12.6. The van der Waals surface area contributed by atoms with Crippen LogP contribution < -0.4 is 5.32 Å². The molecule has 0 spiro atoms. The molecule has 3 amide bonds. The molecule has 0 aromatic heterocycles. The molecule has 2 N–H and O–H groups in total. The van der Waals surface area contributed by atoms with Gasteiger partial charge in [0.1, 0.15) is 12.1 Å². The molecule has 0 bridgehead atoms. The molecule has 2 aromatic rings. The first-order chi connectivity index (χ1) is 15.3. The van der Waals surface area contributed by atoms with E-state index < -0.39 is 17.6 Å². The number of carboxylic acids is 1. The van der Waals surface area contributed by atoms with Crippen LogP contribution in [0.4, 0.5) is 9.59 Å². The number of nitrogens with one attached hydrogen (secondary N) is 1. The van der Waals surface area contributed by atoms with Crippen molar-refractivity contribution >= 4 is 18.1 Å². The van der Waals surface area contributed by atoms with Gasteiger partial charge in [-0.3, -0.25) is 0 Å². The highest BCUT2D eigenvalue weighted by Gasteiger charge is 2.44. The second-order valence-electron chi connectivity index (χ2n) is 8.50. The van der Waals surface area contributed by atoms with E-state index in [9.17, 15) is 19.5 Å². The number of ether oxygens (including phenoxy) is 1. The molecule has 8 heteroatoms. The fraction of sp³-hybridized carbons (Fsp3) is 0.375. The maximum Gasteiger partial charge on any atom is 0.408 e. The lowest BCUT2D eigenvalue weighted by Crippen LogP contribution is -2.61. The van der Waals surface area contributed by atoms with E-state index in [1.54, 1.807) is 19.0 Å². The van der Waals surface area contributed by atoms with Gasteiger partial charge in [0.25, 0.3) is 0 Å². The number of fused-ring (bicyclic) bond motifs is 3. The Morgan fingerprint density at radius 1 is 1.03 bits per heavy atom. The fourth-order valence-corrected chi connectivity index (χ4v) is 4.58. The van der Waals surface area contributed by atoms with Gasteiger partial charge in [0.15, 0.2) is 0 Å². The van der Waals surface area contributed by atoms with E-state index in [0.29, 0.717) is 0 Å². The summed E-state index contributed by atoms with van der Waals surface area (Å²) in [4.78, 5) is 39.8. The van der Waals surface area contributed by atoms with Crippen molar-refractivity contribution in [3.8, 4) is 11.1 Å². The van der Waals surface area contributed by atoms with E-state index in [4.69, 9.17) is 4.74 Å². The highest BCUT2D eigenvalue weighted by atomic mass is 16.5. The Bertz CT molecular complexity index is 998. The van der Waals surface area contributed by atoms with Gasteiger partial charge in [-0.05, 0) is 35.1 Å². The van der Waals surface area contributed by atoms with Gasteiger partial charge >= 0.3 is 18.1 Å². The van der Waals surface area contributed by atoms with Crippen molar-refractivity contribution in [1.29, 1.82) is 0 Å². The van der Waals surface area contributed by atoms with Crippen LogP contribution in [-0.2, 0) is 9.53 Å². The van der Waals surface area contributed by atoms with Crippen LogP contribution in [0.25, 0.3) is 11.1 Å². The smallest absolute Gasteiger partial charge is 0.408 e. The van der Waals surface area contributed by atoms with Crippen molar-refractivity contribution in [3.05, 3.63) is 59.7 Å². The summed E-state index contributed by atoms with van der Waals surface area (Å²) in [5, 5.41) is 12.4. The van der Waals surface area contributed by atoms with Crippen molar-refractivity contribution in [3.63, 3.8) is 0 Å². The number of aliphatic carboxylic acids is 1. The van der Waals surface area contributed by atoms with Crippen LogP contribution in [0.2, 0.25) is 0 Å². The highest BCUT2D eigenvalue weighted by Crippen LogP contribution is 2.44. The summed E-state index contributed by atoms with van der Waals surface area (Å²) in [5.41, 5.74) is 2.97. The molecule has 1 saturated heterocycles.